The molecule has 1 aromatic heterocycles. The second-order valence-corrected chi connectivity index (χ2v) is 4.93. The van der Waals surface area contributed by atoms with Crippen LogP contribution in [0.1, 0.15) is 24.8 Å². The van der Waals surface area contributed by atoms with Crippen molar-refractivity contribution in [1.29, 1.82) is 0 Å². The van der Waals surface area contributed by atoms with Crippen LogP contribution in [0.5, 0.6) is 0 Å². The predicted molar refractivity (Wildman–Crippen MR) is 74.2 cm³/mol. The Hall–Kier alpha value is -1.75. The maximum Gasteiger partial charge on any atom is 0.248 e. The Kier molecular flexibility index (Phi) is 5.68. The van der Waals surface area contributed by atoms with Gasteiger partial charge in [-0.15, -0.1) is 0 Å². The van der Waals surface area contributed by atoms with Gasteiger partial charge in [0, 0.05) is 44.9 Å². The van der Waals surface area contributed by atoms with Gasteiger partial charge >= 0.3 is 0 Å². The van der Waals surface area contributed by atoms with Gasteiger partial charge < -0.3 is 9.64 Å². The second kappa shape index (κ2) is 7.75. The number of nitrogens with zero attached hydrogens (tertiary/aromatic N) is 2. The number of rotatable bonds is 6. The molecule has 0 atom stereocenters. The summed E-state index contributed by atoms with van der Waals surface area (Å²) in [6, 6.07) is 3.96. The Morgan fingerprint density at radius 2 is 1.95 bits per heavy atom. The fraction of sp³-hybridized carbons (Fsp3) is 0.533. The number of likely N-dealkylation sites (tertiary alicyclic amines) is 1. The summed E-state index contributed by atoms with van der Waals surface area (Å²) in [5, 5.41) is 0. The van der Waals surface area contributed by atoms with Crippen LogP contribution in [0.15, 0.2) is 24.5 Å². The van der Waals surface area contributed by atoms with Crippen LogP contribution in [-0.2, 0) is 20.7 Å². The van der Waals surface area contributed by atoms with Crippen molar-refractivity contribution >= 4 is 11.7 Å². The van der Waals surface area contributed by atoms with Gasteiger partial charge in [0.25, 0.3) is 0 Å². The number of Topliss-reactive ketones (excluding diaryl/α,β-unsaturated/α-hetero) is 1. The number of carbonyl (C=O) groups excluding carboxylic acids is 2. The highest BCUT2D eigenvalue weighted by atomic mass is 16.5. The van der Waals surface area contributed by atoms with Gasteiger partial charge in [0.15, 0.2) is 0 Å². The summed E-state index contributed by atoms with van der Waals surface area (Å²) in [5.74, 6) is 0.230. The van der Waals surface area contributed by atoms with Crippen LogP contribution in [0.4, 0.5) is 0 Å². The van der Waals surface area contributed by atoms with E-state index in [1.165, 1.54) is 5.56 Å². The lowest BCUT2D eigenvalue weighted by Gasteiger charge is -2.25. The van der Waals surface area contributed by atoms with Crippen molar-refractivity contribution in [3.05, 3.63) is 30.1 Å². The summed E-state index contributed by atoms with van der Waals surface area (Å²) in [6.45, 7) is 1.77. The minimum absolute atomic E-state index is 0.0126. The van der Waals surface area contributed by atoms with Gasteiger partial charge in [0.1, 0.15) is 12.4 Å². The molecule has 0 spiro atoms. The van der Waals surface area contributed by atoms with Crippen molar-refractivity contribution in [3.8, 4) is 0 Å². The molecule has 5 nitrogen and oxygen atoms in total. The minimum Gasteiger partial charge on any atom is -0.372 e. The first kappa shape index (κ1) is 14.7. The lowest BCUT2D eigenvalue weighted by atomic mass is 10.1. The molecule has 1 aliphatic rings. The largest absolute Gasteiger partial charge is 0.372 e. The van der Waals surface area contributed by atoms with Gasteiger partial charge in [-0.25, -0.2) is 0 Å². The first-order valence-electron chi connectivity index (χ1n) is 7.02. The third-order valence-electron chi connectivity index (χ3n) is 3.40. The molecule has 0 aromatic carbocycles. The maximum atomic E-state index is 11.8. The molecule has 0 unspecified atom stereocenters. The van der Waals surface area contributed by atoms with E-state index in [-0.39, 0.29) is 18.3 Å². The van der Waals surface area contributed by atoms with Crippen LogP contribution in [0.25, 0.3) is 0 Å². The summed E-state index contributed by atoms with van der Waals surface area (Å²) in [6.07, 6.45) is 6.32. The Labute approximate surface area is 118 Å². The van der Waals surface area contributed by atoms with Crippen LogP contribution in [0, 0.1) is 0 Å². The molecule has 1 aliphatic heterocycles. The van der Waals surface area contributed by atoms with Gasteiger partial charge in [-0.1, -0.05) is 0 Å². The monoisotopic (exact) mass is 276 g/mol. The summed E-state index contributed by atoms with van der Waals surface area (Å²) in [7, 11) is 0. The molecule has 1 aromatic rings. The molecule has 0 aliphatic carbocycles. The average molecular weight is 276 g/mol. The topological polar surface area (TPSA) is 59.5 Å². The van der Waals surface area contributed by atoms with E-state index in [2.05, 4.69) is 4.98 Å². The van der Waals surface area contributed by atoms with Crippen LogP contribution in [0.3, 0.4) is 0 Å². The molecule has 0 saturated carbocycles. The number of hydrogen-bond donors (Lipinski definition) is 0. The minimum atomic E-state index is -0.0126. The van der Waals surface area contributed by atoms with Crippen LogP contribution < -0.4 is 0 Å². The molecular formula is C15H20N2O3. The first-order chi connectivity index (χ1) is 9.75. The van der Waals surface area contributed by atoms with E-state index >= 15 is 0 Å². The number of piperidine rings is 1. The van der Waals surface area contributed by atoms with Gasteiger partial charge in [0.05, 0.1) is 0 Å². The van der Waals surface area contributed by atoms with Crippen molar-refractivity contribution in [2.24, 2.45) is 0 Å². The zero-order valence-corrected chi connectivity index (χ0v) is 11.6. The zero-order chi connectivity index (χ0) is 14.2. The lowest BCUT2D eigenvalue weighted by molar-refractivity contribution is -0.138. The molecular weight excluding hydrogens is 256 g/mol. The molecule has 0 N–H and O–H groups in total. The summed E-state index contributed by atoms with van der Waals surface area (Å²) in [4.78, 5) is 28.6. The van der Waals surface area contributed by atoms with E-state index in [0.717, 1.165) is 12.8 Å². The molecule has 20 heavy (non-hydrogen) atoms. The summed E-state index contributed by atoms with van der Waals surface area (Å²) < 4.78 is 5.41. The van der Waals surface area contributed by atoms with E-state index in [0.29, 0.717) is 32.5 Å². The molecule has 5 heteroatoms. The van der Waals surface area contributed by atoms with Crippen LogP contribution >= 0.6 is 0 Å². The Morgan fingerprint density at radius 3 is 2.65 bits per heavy atom. The van der Waals surface area contributed by atoms with Gasteiger partial charge in [-0.2, -0.15) is 0 Å². The number of carbonyl (C=O) groups is 2. The molecule has 0 bridgehead atoms. The summed E-state index contributed by atoms with van der Waals surface area (Å²) >= 11 is 0. The standard InChI is InChI=1S/C15H20N2O3/c18-14-5-9-17(10-6-14)15(19)12-20-11-1-2-13-3-7-16-8-4-13/h3-4,7-8H,1-2,5-6,9-12H2. The van der Waals surface area contributed by atoms with E-state index in [4.69, 9.17) is 4.74 Å². The van der Waals surface area contributed by atoms with Gasteiger partial charge in [-0.3, -0.25) is 14.6 Å². The number of amides is 1. The third-order valence-corrected chi connectivity index (χ3v) is 3.40. The van der Waals surface area contributed by atoms with Crippen molar-refractivity contribution in [1.82, 2.24) is 9.88 Å². The van der Waals surface area contributed by atoms with Crippen molar-refractivity contribution in [3.63, 3.8) is 0 Å². The first-order valence-corrected chi connectivity index (χ1v) is 7.02. The normalized spacial score (nSPS) is 15.4. The molecule has 1 amide bonds. The molecule has 1 saturated heterocycles. The zero-order valence-electron chi connectivity index (χ0n) is 11.6. The molecule has 0 radical (unpaired) electrons. The van der Waals surface area contributed by atoms with Gasteiger partial charge in [0.2, 0.25) is 5.91 Å². The average Bonchev–Trinajstić information content (AvgIpc) is 2.48. The van der Waals surface area contributed by atoms with E-state index in [1.807, 2.05) is 12.1 Å². The fourth-order valence-corrected chi connectivity index (χ4v) is 2.18. The number of pyridine rings is 1. The Balaban J connectivity index is 1.57. The Morgan fingerprint density at radius 1 is 1.25 bits per heavy atom. The van der Waals surface area contributed by atoms with Crippen LogP contribution in [-0.4, -0.2) is 47.9 Å². The Bertz CT molecular complexity index is 438. The number of hydrogen-bond acceptors (Lipinski definition) is 4. The summed E-state index contributed by atoms with van der Waals surface area (Å²) in [5.41, 5.74) is 1.23. The maximum absolute atomic E-state index is 11.8. The van der Waals surface area contributed by atoms with E-state index in [1.54, 1.807) is 17.3 Å². The highest BCUT2D eigenvalue weighted by molar-refractivity contribution is 5.83. The SMILES string of the molecule is O=C1CCN(C(=O)COCCCc2ccncc2)CC1. The fourth-order valence-electron chi connectivity index (χ4n) is 2.18. The lowest BCUT2D eigenvalue weighted by Crippen LogP contribution is -2.40. The predicted octanol–water partition coefficient (Wildman–Crippen LogP) is 1.22. The smallest absolute Gasteiger partial charge is 0.248 e. The van der Waals surface area contributed by atoms with E-state index in [9.17, 15) is 9.59 Å². The van der Waals surface area contributed by atoms with Crippen LogP contribution in [0.2, 0.25) is 0 Å². The number of ether oxygens (including phenoxy) is 1. The number of aromatic nitrogens is 1. The van der Waals surface area contributed by atoms with Crippen molar-refractivity contribution in [2.45, 2.75) is 25.7 Å². The van der Waals surface area contributed by atoms with E-state index < -0.39 is 0 Å². The van der Waals surface area contributed by atoms with Crippen molar-refractivity contribution in [2.75, 3.05) is 26.3 Å². The molecule has 2 rings (SSSR count). The number of aryl methyl sites for hydroxylation is 1. The second-order valence-electron chi connectivity index (χ2n) is 4.93. The van der Waals surface area contributed by atoms with Gasteiger partial charge in [-0.05, 0) is 30.5 Å². The quantitative estimate of drug-likeness (QED) is 0.733. The molecule has 108 valence electrons. The van der Waals surface area contributed by atoms with Crippen molar-refractivity contribution < 1.29 is 14.3 Å². The highest BCUT2D eigenvalue weighted by Gasteiger charge is 2.20. The molecule has 2 heterocycles. The number of ketones is 1. The third kappa shape index (κ3) is 4.74. The molecule has 1 fully saturated rings. The highest BCUT2D eigenvalue weighted by Crippen LogP contribution is 2.06.